The molecule has 4 aliphatic carbocycles. The number of ether oxygens (including phenoxy) is 1. The summed E-state index contributed by atoms with van der Waals surface area (Å²) in [5.41, 5.74) is -0.0551. The molecule has 1 spiro atoms. The summed E-state index contributed by atoms with van der Waals surface area (Å²) in [7, 11) is 0. The van der Waals surface area contributed by atoms with Gasteiger partial charge in [0, 0.05) is 6.42 Å². The minimum atomic E-state index is -0.577. The van der Waals surface area contributed by atoms with Crippen LogP contribution in [0, 0.1) is 39.9 Å². The maximum atomic E-state index is 12.5. The molecule has 0 aromatic rings. The highest BCUT2D eigenvalue weighted by Gasteiger charge is 2.65. The number of hydrogen-bond acceptors (Lipinski definition) is 3. The molecule has 0 saturated heterocycles. The van der Waals surface area contributed by atoms with Crippen LogP contribution < -0.4 is 0 Å². The highest BCUT2D eigenvalue weighted by atomic mass is 16.5. The number of carbonyl (C=O) groups is 2. The maximum absolute atomic E-state index is 12.5. The number of carboxylic acid groups (broad SMARTS) is 1. The van der Waals surface area contributed by atoms with Crippen LogP contribution in [0.25, 0.3) is 0 Å². The van der Waals surface area contributed by atoms with E-state index in [0.29, 0.717) is 42.1 Å². The lowest BCUT2D eigenvalue weighted by atomic mass is 9.41. The summed E-state index contributed by atoms with van der Waals surface area (Å²) >= 11 is 0. The van der Waals surface area contributed by atoms with Crippen molar-refractivity contribution in [1.29, 1.82) is 0 Å². The fourth-order valence-corrected chi connectivity index (χ4v) is 10.2. The molecule has 2 bridgehead atoms. The number of aliphatic carboxylic acids is 1. The summed E-state index contributed by atoms with van der Waals surface area (Å²) in [6, 6.07) is 0. The first kappa shape index (κ1) is 29.9. The Bertz CT molecular complexity index is 793. The molecule has 0 aromatic heterocycles. The zero-order valence-corrected chi connectivity index (χ0v) is 25.0. The molecule has 1 N–H and O–H groups in total. The van der Waals surface area contributed by atoms with Gasteiger partial charge < -0.3 is 9.84 Å². The summed E-state index contributed by atoms with van der Waals surface area (Å²) in [5.74, 6) is 1.58. The van der Waals surface area contributed by atoms with Gasteiger partial charge in [0.25, 0.3) is 0 Å². The number of carbonyl (C=O) groups excluding carboxylic acids is 1. The van der Waals surface area contributed by atoms with Crippen molar-refractivity contribution < 1.29 is 19.4 Å². The van der Waals surface area contributed by atoms with Crippen LogP contribution in [0.5, 0.6) is 0 Å². The maximum Gasteiger partial charge on any atom is 0.309 e. The van der Waals surface area contributed by atoms with Crippen LogP contribution in [0.3, 0.4) is 0 Å². The average molecular weight is 531 g/mol. The van der Waals surface area contributed by atoms with Crippen LogP contribution in [0.4, 0.5) is 0 Å². The van der Waals surface area contributed by atoms with Gasteiger partial charge in [-0.3, -0.25) is 9.59 Å². The van der Waals surface area contributed by atoms with E-state index in [1.165, 1.54) is 96.3 Å². The molecular weight excluding hydrogens is 472 g/mol. The Hall–Kier alpha value is -1.06. The Labute approximate surface area is 233 Å². The van der Waals surface area contributed by atoms with E-state index in [9.17, 15) is 14.7 Å². The first-order valence-electron chi connectivity index (χ1n) is 16.6. The standard InChI is InChI=1S/C34H58O4/c1-4-5-6-7-8-9-10-11-12-13-14-16-30(35)38-25-27-24-34-22-19-28-32(2,29(34)18-17-26(27)23-34)20-15-21-33(28,3)31(36)37/h26-29H,4-25H2,1-3H3,(H,36,37)/t26-,27+,28+,29+,32-,33-,34+/m1/s1. The summed E-state index contributed by atoms with van der Waals surface area (Å²) < 4.78 is 5.88. The van der Waals surface area contributed by atoms with Gasteiger partial charge in [0.1, 0.15) is 0 Å². The molecule has 0 aliphatic heterocycles. The van der Waals surface area contributed by atoms with Gasteiger partial charge in [-0.25, -0.2) is 0 Å². The van der Waals surface area contributed by atoms with Crippen LogP contribution in [0.15, 0.2) is 0 Å². The van der Waals surface area contributed by atoms with Crippen molar-refractivity contribution >= 4 is 11.9 Å². The Balaban J connectivity index is 1.17. The topological polar surface area (TPSA) is 63.6 Å². The van der Waals surface area contributed by atoms with Crippen LogP contribution in [-0.2, 0) is 14.3 Å². The van der Waals surface area contributed by atoms with Gasteiger partial charge in [0.15, 0.2) is 0 Å². The Morgan fingerprint density at radius 2 is 1.45 bits per heavy atom. The highest BCUT2D eigenvalue weighted by Crippen LogP contribution is 2.72. The molecule has 4 fully saturated rings. The zero-order valence-electron chi connectivity index (χ0n) is 25.0. The number of esters is 1. The van der Waals surface area contributed by atoms with Gasteiger partial charge >= 0.3 is 11.9 Å². The van der Waals surface area contributed by atoms with E-state index in [0.717, 1.165) is 32.1 Å². The van der Waals surface area contributed by atoms with Crippen LogP contribution in [0.2, 0.25) is 0 Å². The highest BCUT2D eigenvalue weighted by molar-refractivity contribution is 5.75. The lowest BCUT2D eigenvalue weighted by molar-refractivity contribution is -0.181. The number of hydrogen-bond donors (Lipinski definition) is 1. The second-order valence-corrected chi connectivity index (χ2v) is 14.6. The lowest BCUT2D eigenvalue weighted by Gasteiger charge is -2.63. The number of rotatable bonds is 15. The Morgan fingerprint density at radius 1 is 0.789 bits per heavy atom. The quantitative estimate of drug-likeness (QED) is 0.169. The second-order valence-electron chi connectivity index (χ2n) is 14.6. The van der Waals surface area contributed by atoms with E-state index in [1.807, 2.05) is 6.92 Å². The van der Waals surface area contributed by atoms with E-state index in [1.54, 1.807) is 0 Å². The van der Waals surface area contributed by atoms with Gasteiger partial charge in [-0.1, -0.05) is 84.5 Å². The van der Waals surface area contributed by atoms with Gasteiger partial charge in [-0.05, 0) is 99.2 Å². The molecule has 0 aromatic carbocycles. The summed E-state index contributed by atoms with van der Waals surface area (Å²) in [6.07, 6.45) is 25.1. The molecule has 38 heavy (non-hydrogen) atoms. The number of carboxylic acids is 1. The van der Waals surface area contributed by atoms with Crippen LogP contribution in [-0.4, -0.2) is 23.7 Å². The normalized spacial score (nSPS) is 37.9. The van der Waals surface area contributed by atoms with E-state index < -0.39 is 11.4 Å². The molecule has 0 radical (unpaired) electrons. The van der Waals surface area contributed by atoms with Crippen molar-refractivity contribution in [1.82, 2.24) is 0 Å². The lowest BCUT2D eigenvalue weighted by Crippen LogP contribution is -2.58. The monoisotopic (exact) mass is 530 g/mol. The van der Waals surface area contributed by atoms with Crippen molar-refractivity contribution in [3.05, 3.63) is 0 Å². The van der Waals surface area contributed by atoms with Gasteiger partial charge in [0.05, 0.1) is 12.0 Å². The molecule has 0 heterocycles. The molecule has 0 amide bonds. The summed E-state index contributed by atoms with van der Waals surface area (Å²) in [4.78, 5) is 24.9. The molecular formula is C34H58O4. The van der Waals surface area contributed by atoms with E-state index in [2.05, 4.69) is 13.8 Å². The number of unbranched alkanes of at least 4 members (excludes halogenated alkanes) is 10. The fourth-order valence-electron chi connectivity index (χ4n) is 10.2. The number of fused-ring (bicyclic) bond motifs is 3. The Morgan fingerprint density at radius 3 is 2.11 bits per heavy atom. The van der Waals surface area contributed by atoms with Crippen molar-refractivity contribution in [3.8, 4) is 0 Å². The largest absolute Gasteiger partial charge is 0.481 e. The van der Waals surface area contributed by atoms with E-state index in [4.69, 9.17) is 4.74 Å². The van der Waals surface area contributed by atoms with Crippen molar-refractivity contribution in [3.63, 3.8) is 0 Å². The van der Waals surface area contributed by atoms with Crippen molar-refractivity contribution in [2.45, 2.75) is 156 Å². The van der Waals surface area contributed by atoms with E-state index in [-0.39, 0.29) is 11.4 Å². The first-order valence-corrected chi connectivity index (χ1v) is 16.6. The smallest absolute Gasteiger partial charge is 0.309 e. The van der Waals surface area contributed by atoms with Gasteiger partial charge in [-0.2, -0.15) is 0 Å². The summed E-state index contributed by atoms with van der Waals surface area (Å²) in [6.45, 7) is 7.37. The second kappa shape index (κ2) is 13.1. The molecule has 4 heteroatoms. The third kappa shape index (κ3) is 6.30. The van der Waals surface area contributed by atoms with Crippen LogP contribution in [0.1, 0.15) is 156 Å². The predicted octanol–water partition coefficient (Wildman–Crippen LogP) is 9.34. The minimum absolute atomic E-state index is 0.0107. The van der Waals surface area contributed by atoms with Crippen molar-refractivity contribution in [2.75, 3.05) is 6.61 Å². The van der Waals surface area contributed by atoms with E-state index >= 15 is 0 Å². The predicted molar refractivity (Wildman–Crippen MR) is 154 cm³/mol. The average Bonchev–Trinajstić information content (AvgIpc) is 3.14. The van der Waals surface area contributed by atoms with Gasteiger partial charge in [0.2, 0.25) is 0 Å². The minimum Gasteiger partial charge on any atom is -0.481 e. The molecule has 7 atom stereocenters. The SMILES string of the molecule is CCCCCCCCCCCCCC(=O)OC[C@@H]1C[C@@]23CC[C@H]4[C@@](C)(CCC[C@@]4(C)C(=O)O)[C@@H]2CC[C@@H]1C3. The first-order chi connectivity index (χ1) is 18.2. The molecule has 4 rings (SSSR count). The Kier molecular flexibility index (Phi) is 10.3. The zero-order chi connectivity index (χ0) is 27.2. The molecule has 4 saturated carbocycles. The third-order valence-corrected chi connectivity index (χ3v) is 12.2. The molecule has 4 nitrogen and oxygen atoms in total. The fraction of sp³-hybridized carbons (Fsp3) is 0.941. The molecule has 0 unspecified atom stereocenters. The van der Waals surface area contributed by atoms with Gasteiger partial charge in [-0.15, -0.1) is 0 Å². The molecule has 218 valence electrons. The summed E-state index contributed by atoms with van der Waals surface area (Å²) in [5, 5.41) is 10.2. The van der Waals surface area contributed by atoms with Crippen molar-refractivity contribution in [2.24, 2.45) is 39.9 Å². The molecule has 4 aliphatic rings. The van der Waals surface area contributed by atoms with Crippen LogP contribution >= 0.6 is 0 Å². The third-order valence-electron chi connectivity index (χ3n) is 12.2.